The highest BCUT2D eigenvalue weighted by Gasteiger charge is 2.30. The van der Waals surface area contributed by atoms with E-state index in [1.165, 1.54) is 13.4 Å². The molecule has 1 unspecified atom stereocenters. The first-order chi connectivity index (χ1) is 12.2. The van der Waals surface area contributed by atoms with Crippen LogP contribution in [-0.4, -0.2) is 38.7 Å². The summed E-state index contributed by atoms with van der Waals surface area (Å²) in [5.41, 5.74) is 1.57. The van der Waals surface area contributed by atoms with E-state index in [0.29, 0.717) is 17.9 Å². The third-order valence-electron chi connectivity index (χ3n) is 4.66. The van der Waals surface area contributed by atoms with Crippen molar-refractivity contribution in [2.75, 3.05) is 27.9 Å². The number of methoxy groups -OCH3 is 3. The molecule has 6 heteroatoms. The molecule has 1 aromatic heterocycles. The van der Waals surface area contributed by atoms with Gasteiger partial charge >= 0.3 is 5.97 Å². The van der Waals surface area contributed by atoms with Crippen molar-refractivity contribution in [3.05, 3.63) is 47.4 Å². The van der Waals surface area contributed by atoms with Crippen molar-refractivity contribution in [1.29, 1.82) is 0 Å². The molecule has 0 amide bonds. The highest BCUT2D eigenvalue weighted by atomic mass is 16.5. The van der Waals surface area contributed by atoms with Gasteiger partial charge in [-0.05, 0) is 43.7 Å². The summed E-state index contributed by atoms with van der Waals surface area (Å²) in [6.45, 7) is 1.47. The Morgan fingerprint density at radius 1 is 1.24 bits per heavy atom. The Balaban J connectivity index is 1.87. The smallest absolute Gasteiger partial charge is 0.341 e. The van der Waals surface area contributed by atoms with Gasteiger partial charge in [-0.3, -0.25) is 4.90 Å². The molecule has 0 radical (unpaired) electrons. The van der Waals surface area contributed by atoms with E-state index in [0.717, 1.165) is 36.4 Å². The minimum absolute atomic E-state index is 0.181. The number of hydrogen-bond donors (Lipinski definition) is 0. The van der Waals surface area contributed by atoms with Crippen molar-refractivity contribution < 1.29 is 23.4 Å². The number of ether oxygens (including phenoxy) is 3. The summed E-state index contributed by atoms with van der Waals surface area (Å²) >= 11 is 0. The summed E-state index contributed by atoms with van der Waals surface area (Å²) in [7, 11) is 4.70. The van der Waals surface area contributed by atoms with E-state index >= 15 is 0 Å². The molecule has 134 valence electrons. The van der Waals surface area contributed by atoms with Crippen LogP contribution < -0.4 is 9.47 Å². The fourth-order valence-electron chi connectivity index (χ4n) is 3.41. The molecule has 3 rings (SSSR count). The minimum Gasteiger partial charge on any atom is -0.497 e. The molecule has 25 heavy (non-hydrogen) atoms. The lowest BCUT2D eigenvalue weighted by molar-refractivity contribution is 0.0596. The molecule has 2 heterocycles. The van der Waals surface area contributed by atoms with Gasteiger partial charge in [0, 0.05) is 11.6 Å². The summed E-state index contributed by atoms with van der Waals surface area (Å²) in [5, 5.41) is 0. The number of esters is 1. The Morgan fingerprint density at radius 3 is 2.80 bits per heavy atom. The van der Waals surface area contributed by atoms with Crippen LogP contribution in [-0.2, 0) is 11.3 Å². The number of furan rings is 1. The molecule has 2 aromatic rings. The maximum atomic E-state index is 11.9. The maximum Gasteiger partial charge on any atom is 0.341 e. The Bertz CT molecular complexity index is 739. The van der Waals surface area contributed by atoms with Crippen LogP contribution in [0.25, 0.3) is 0 Å². The normalized spacial score (nSPS) is 17.5. The molecule has 1 aliphatic heterocycles. The molecule has 6 nitrogen and oxygen atoms in total. The van der Waals surface area contributed by atoms with Crippen LogP contribution >= 0.6 is 0 Å². The van der Waals surface area contributed by atoms with E-state index in [1.54, 1.807) is 20.3 Å². The number of carbonyl (C=O) groups excluding carboxylic acids is 1. The second-order valence-corrected chi connectivity index (χ2v) is 5.99. The highest BCUT2D eigenvalue weighted by molar-refractivity contribution is 5.90. The summed E-state index contributed by atoms with van der Waals surface area (Å²) in [6.07, 6.45) is 3.61. The number of nitrogens with zero attached hydrogens (tertiary/aromatic N) is 1. The van der Waals surface area contributed by atoms with Gasteiger partial charge in [0.15, 0.2) is 0 Å². The van der Waals surface area contributed by atoms with E-state index in [-0.39, 0.29) is 12.0 Å². The Kier molecular flexibility index (Phi) is 5.28. The Labute approximate surface area is 147 Å². The molecule has 0 N–H and O–H groups in total. The van der Waals surface area contributed by atoms with Gasteiger partial charge in [0.1, 0.15) is 22.8 Å². The first-order valence-electron chi connectivity index (χ1n) is 8.28. The van der Waals surface area contributed by atoms with Crippen molar-refractivity contribution in [1.82, 2.24) is 4.90 Å². The third kappa shape index (κ3) is 3.49. The quantitative estimate of drug-likeness (QED) is 0.748. The zero-order chi connectivity index (χ0) is 17.8. The van der Waals surface area contributed by atoms with Gasteiger partial charge < -0.3 is 18.6 Å². The van der Waals surface area contributed by atoms with Gasteiger partial charge in [0.25, 0.3) is 0 Å². The van der Waals surface area contributed by atoms with Crippen molar-refractivity contribution >= 4 is 5.97 Å². The average molecular weight is 345 g/mol. The molecule has 0 saturated carbocycles. The first-order valence-corrected chi connectivity index (χ1v) is 8.28. The standard InChI is InChI=1S/C19H23NO5/c1-22-13-6-7-17(23-2)15(11-13)16-5-4-9-20(16)12-18-14(8-10-25-18)19(21)24-3/h6-8,10-11,16H,4-5,9,12H2,1-3H3. The lowest BCUT2D eigenvalue weighted by atomic mass is 10.0. The minimum atomic E-state index is -0.376. The third-order valence-corrected chi connectivity index (χ3v) is 4.66. The predicted molar refractivity (Wildman–Crippen MR) is 92.0 cm³/mol. The molecular formula is C19H23NO5. The number of carbonyl (C=O) groups is 1. The van der Waals surface area contributed by atoms with Crippen molar-refractivity contribution in [3.8, 4) is 11.5 Å². The van der Waals surface area contributed by atoms with Crippen LogP contribution in [0, 0.1) is 0 Å². The summed E-state index contributed by atoms with van der Waals surface area (Å²) in [5.74, 6) is 1.89. The number of hydrogen-bond acceptors (Lipinski definition) is 6. The SMILES string of the molecule is COC(=O)c1ccoc1CN1CCCC1c1cc(OC)ccc1OC. The maximum absolute atomic E-state index is 11.9. The summed E-state index contributed by atoms with van der Waals surface area (Å²) < 4.78 is 21.3. The molecule has 1 fully saturated rings. The number of likely N-dealkylation sites (tertiary alicyclic amines) is 1. The molecule has 1 aliphatic rings. The first kappa shape index (κ1) is 17.4. The molecule has 1 aromatic carbocycles. The van der Waals surface area contributed by atoms with E-state index in [2.05, 4.69) is 4.90 Å². The van der Waals surface area contributed by atoms with Gasteiger partial charge in [0.2, 0.25) is 0 Å². The Morgan fingerprint density at radius 2 is 2.08 bits per heavy atom. The molecule has 1 saturated heterocycles. The van der Waals surface area contributed by atoms with Gasteiger partial charge in [0.05, 0.1) is 34.1 Å². The zero-order valence-electron chi connectivity index (χ0n) is 14.8. The Hall–Kier alpha value is -2.47. The lowest BCUT2D eigenvalue weighted by Gasteiger charge is -2.26. The largest absolute Gasteiger partial charge is 0.497 e. The summed E-state index contributed by atoms with van der Waals surface area (Å²) in [6, 6.07) is 7.67. The zero-order valence-corrected chi connectivity index (χ0v) is 14.8. The van der Waals surface area contributed by atoms with Crippen LogP contribution in [0.1, 0.15) is 40.6 Å². The van der Waals surface area contributed by atoms with Crippen molar-refractivity contribution in [3.63, 3.8) is 0 Å². The van der Waals surface area contributed by atoms with Gasteiger partial charge in [-0.15, -0.1) is 0 Å². The highest BCUT2D eigenvalue weighted by Crippen LogP contribution is 2.39. The number of benzene rings is 1. The second-order valence-electron chi connectivity index (χ2n) is 5.99. The van der Waals surface area contributed by atoms with Crippen molar-refractivity contribution in [2.45, 2.75) is 25.4 Å². The second kappa shape index (κ2) is 7.61. The molecule has 1 atom stereocenters. The fourth-order valence-corrected chi connectivity index (χ4v) is 3.41. The van der Waals surface area contributed by atoms with Gasteiger partial charge in [-0.25, -0.2) is 4.79 Å². The van der Waals surface area contributed by atoms with Gasteiger partial charge in [-0.2, -0.15) is 0 Å². The van der Waals surface area contributed by atoms with Gasteiger partial charge in [-0.1, -0.05) is 0 Å². The molecular weight excluding hydrogens is 322 g/mol. The molecule has 0 bridgehead atoms. The van der Waals surface area contributed by atoms with Crippen LogP contribution in [0.5, 0.6) is 11.5 Å². The van der Waals surface area contributed by atoms with E-state index in [4.69, 9.17) is 18.6 Å². The van der Waals surface area contributed by atoms with Crippen LogP contribution in [0.4, 0.5) is 0 Å². The van der Waals surface area contributed by atoms with E-state index < -0.39 is 0 Å². The monoisotopic (exact) mass is 345 g/mol. The van der Waals surface area contributed by atoms with Crippen LogP contribution in [0.2, 0.25) is 0 Å². The van der Waals surface area contributed by atoms with E-state index in [9.17, 15) is 4.79 Å². The van der Waals surface area contributed by atoms with Crippen LogP contribution in [0.3, 0.4) is 0 Å². The summed E-state index contributed by atoms with van der Waals surface area (Å²) in [4.78, 5) is 14.2. The molecule has 0 aliphatic carbocycles. The van der Waals surface area contributed by atoms with E-state index in [1.807, 2.05) is 18.2 Å². The lowest BCUT2D eigenvalue weighted by Crippen LogP contribution is -2.24. The fraction of sp³-hybridized carbons (Fsp3) is 0.421. The molecule has 0 spiro atoms. The van der Waals surface area contributed by atoms with Crippen molar-refractivity contribution in [2.24, 2.45) is 0 Å². The number of rotatable bonds is 6. The van der Waals surface area contributed by atoms with Crippen LogP contribution in [0.15, 0.2) is 34.9 Å². The predicted octanol–water partition coefficient (Wildman–Crippen LogP) is 3.42. The topological polar surface area (TPSA) is 61.1 Å². The average Bonchev–Trinajstić information content (AvgIpc) is 3.30.